The molecule has 7 nitrogen and oxygen atoms in total. The number of hydrogen-bond acceptors (Lipinski definition) is 4. The fourth-order valence-corrected chi connectivity index (χ4v) is 4.92. The van der Waals surface area contributed by atoms with Crippen LogP contribution in [0.5, 0.6) is 5.75 Å². The molecule has 3 heterocycles. The quantitative estimate of drug-likeness (QED) is 0.315. The molecule has 1 aliphatic heterocycles. The summed E-state index contributed by atoms with van der Waals surface area (Å²) in [6.45, 7) is 1.79. The van der Waals surface area contributed by atoms with Gasteiger partial charge in [-0.1, -0.05) is 13.0 Å². The average Bonchev–Trinajstić information content (AvgIpc) is 3.54. The number of carbonyl (C=O) groups is 1. The number of rotatable bonds is 7. The fraction of sp³-hybridized carbons (Fsp3) is 0.179. The van der Waals surface area contributed by atoms with Gasteiger partial charge in [0.2, 0.25) is 5.91 Å². The van der Waals surface area contributed by atoms with Crippen molar-refractivity contribution in [3.8, 4) is 11.4 Å². The summed E-state index contributed by atoms with van der Waals surface area (Å²) in [5.41, 5.74) is 3.98. The topological polar surface area (TPSA) is 71.4 Å². The maximum absolute atomic E-state index is 13.7. The first-order valence-electron chi connectivity index (χ1n) is 11.9. The second kappa shape index (κ2) is 10.4. The minimum Gasteiger partial charge on any atom is -0.494 e. The number of nitrogens with zero attached hydrogens (tertiary/aromatic N) is 3. The van der Waals surface area contributed by atoms with Gasteiger partial charge < -0.3 is 24.8 Å². The molecule has 2 unspecified atom stereocenters. The van der Waals surface area contributed by atoms with Crippen LogP contribution in [-0.2, 0) is 4.79 Å². The van der Waals surface area contributed by atoms with Gasteiger partial charge in [-0.3, -0.25) is 9.78 Å². The molecule has 1 amide bonds. The van der Waals surface area contributed by atoms with Crippen LogP contribution >= 0.6 is 12.2 Å². The van der Waals surface area contributed by atoms with Crippen molar-refractivity contribution < 1.29 is 13.9 Å². The van der Waals surface area contributed by atoms with E-state index in [9.17, 15) is 9.18 Å². The van der Waals surface area contributed by atoms with Gasteiger partial charge in [0.25, 0.3) is 0 Å². The predicted octanol–water partition coefficient (Wildman–Crippen LogP) is 5.55. The number of pyridine rings is 1. The Labute approximate surface area is 219 Å². The van der Waals surface area contributed by atoms with Crippen LogP contribution in [0, 0.1) is 5.82 Å². The Morgan fingerprint density at radius 2 is 1.89 bits per heavy atom. The molecule has 0 spiro atoms. The van der Waals surface area contributed by atoms with Crippen LogP contribution in [-0.4, -0.2) is 27.7 Å². The van der Waals surface area contributed by atoms with E-state index >= 15 is 0 Å². The van der Waals surface area contributed by atoms with Crippen LogP contribution < -0.4 is 20.3 Å². The van der Waals surface area contributed by atoms with Gasteiger partial charge in [-0.15, -0.1) is 0 Å². The van der Waals surface area contributed by atoms with E-state index < -0.39 is 0 Å². The Bertz CT molecular complexity index is 1420. The third-order valence-corrected chi connectivity index (χ3v) is 6.66. The van der Waals surface area contributed by atoms with Crippen molar-refractivity contribution in [3.05, 3.63) is 102 Å². The molecular formula is C28H26FN5O2S. The molecule has 2 atom stereocenters. The summed E-state index contributed by atoms with van der Waals surface area (Å²) in [6, 6.07) is 21.2. The third kappa shape index (κ3) is 4.77. The number of ether oxygens (including phenoxy) is 1. The van der Waals surface area contributed by atoms with Crippen molar-refractivity contribution in [1.82, 2.24) is 14.9 Å². The zero-order valence-electron chi connectivity index (χ0n) is 20.4. The zero-order chi connectivity index (χ0) is 25.9. The summed E-state index contributed by atoms with van der Waals surface area (Å²) in [7, 11) is 1.56. The molecule has 1 saturated heterocycles. The number of halogens is 1. The van der Waals surface area contributed by atoms with E-state index in [2.05, 4.69) is 15.6 Å². The normalized spacial score (nSPS) is 16.9. The SMILES string of the molecule is CCC(=O)Nc1ccc(N2C(=S)NC(c3ccccn3)C2c2cccn2-c2ccc(F)cc2)cc1OC. The lowest BCUT2D eigenvalue weighted by atomic mass is 10.0. The Kier molecular flexibility index (Phi) is 6.87. The second-order valence-electron chi connectivity index (χ2n) is 8.56. The Balaban J connectivity index is 1.62. The maximum atomic E-state index is 13.7. The van der Waals surface area contributed by atoms with Crippen molar-refractivity contribution >= 4 is 34.6 Å². The molecule has 0 bridgehead atoms. The van der Waals surface area contributed by atoms with Gasteiger partial charge in [0.1, 0.15) is 17.6 Å². The lowest BCUT2D eigenvalue weighted by Crippen LogP contribution is -2.30. The van der Waals surface area contributed by atoms with Crippen molar-refractivity contribution in [2.45, 2.75) is 25.4 Å². The van der Waals surface area contributed by atoms with Gasteiger partial charge in [0.15, 0.2) is 5.11 Å². The van der Waals surface area contributed by atoms with Gasteiger partial charge in [-0.25, -0.2) is 4.39 Å². The van der Waals surface area contributed by atoms with E-state index in [1.165, 1.54) is 12.1 Å². The molecule has 188 valence electrons. The first-order valence-corrected chi connectivity index (χ1v) is 12.3. The van der Waals surface area contributed by atoms with Crippen LogP contribution in [0.1, 0.15) is 36.8 Å². The Morgan fingerprint density at radius 1 is 1.11 bits per heavy atom. The molecule has 1 aliphatic rings. The van der Waals surface area contributed by atoms with Gasteiger partial charge in [-0.2, -0.15) is 0 Å². The van der Waals surface area contributed by atoms with Crippen LogP contribution in [0.3, 0.4) is 0 Å². The van der Waals surface area contributed by atoms with Gasteiger partial charge in [0, 0.05) is 41.9 Å². The predicted molar refractivity (Wildman–Crippen MR) is 146 cm³/mol. The van der Waals surface area contributed by atoms with Crippen LogP contribution in [0.4, 0.5) is 15.8 Å². The van der Waals surface area contributed by atoms with E-state index in [0.717, 1.165) is 22.8 Å². The molecule has 2 N–H and O–H groups in total. The monoisotopic (exact) mass is 515 g/mol. The molecule has 2 aromatic heterocycles. The number of carbonyl (C=O) groups excluding carboxylic acids is 1. The molecule has 37 heavy (non-hydrogen) atoms. The molecular weight excluding hydrogens is 489 g/mol. The summed E-state index contributed by atoms with van der Waals surface area (Å²) < 4.78 is 21.3. The lowest BCUT2D eigenvalue weighted by Gasteiger charge is -2.29. The van der Waals surface area contributed by atoms with Gasteiger partial charge in [0.05, 0.1) is 24.5 Å². The molecule has 2 aromatic carbocycles. The summed E-state index contributed by atoms with van der Waals surface area (Å²) in [5, 5.41) is 6.85. The molecule has 0 radical (unpaired) electrons. The highest BCUT2D eigenvalue weighted by molar-refractivity contribution is 7.80. The molecule has 0 saturated carbocycles. The number of amides is 1. The number of anilines is 2. The largest absolute Gasteiger partial charge is 0.494 e. The number of thiocarbonyl (C=S) groups is 1. The first kappa shape index (κ1) is 24.5. The van der Waals surface area contributed by atoms with Gasteiger partial charge >= 0.3 is 0 Å². The highest BCUT2D eigenvalue weighted by atomic mass is 32.1. The Hall–Kier alpha value is -4.24. The van der Waals surface area contributed by atoms with E-state index in [4.69, 9.17) is 17.0 Å². The van der Waals surface area contributed by atoms with Crippen molar-refractivity contribution in [2.75, 3.05) is 17.3 Å². The first-order chi connectivity index (χ1) is 18.0. The summed E-state index contributed by atoms with van der Waals surface area (Å²) >= 11 is 5.85. The number of aromatic nitrogens is 2. The smallest absolute Gasteiger partial charge is 0.224 e. The van der Waals surface area contributed by atoms with Crippen LogP contribution in [0.2, 0.25) is 0 Å². The van der Waals surface area contributed by atoms with E-state index in [-0.39, 0.29) is 23.8 Å². The molecule has 1 fully saturated rings. The number of methoxy groups -OCH3 is 1. The molecule has 4 aromatic rings. The fourth-order valence-electron chi connectivity index (χ4n) is 4.58. The van der Waals surface area contributed by atoms with Crippen LogP contribution in [0.25, 0.3) is 5.69 Å². The number of benzene rings is 2. The van der Waals surface area contributed by atoms with Crippen molar-refractivity contribution in [1.29, 1.82) is 0 Å². The Morgan fingerprint density at radius 3 is 2.59 bits per heavy atom. The lowest BCUT2D eigenvalue weighted by molar-refractivity contribution is -0.115. The average molecular weight is 516 g/mol. The van der Waals surface area contributed by atoms with Crippen LogP contribution in [0.15, 0.2) is 85.2 Å². The standard InChI is InChI=1S/C28H26FN5O2S/c1-3-25(35)31-21-14-13-20(17-24(21)36-2)34-27(26(32-28(34)37)22-7-4-5-15-30-22)23-8-6-16-33(23)19-11-9-18(29)10-12-19/h4-17,26-27H,3H2,1-2H3,(H,31,35)(H,32,37). The van der Waals surface area contributed by atoms with Gasteiger partial charge in [-0.05, 0) is 72.9 Å². The second-order valence-corrected chi connectivity index (χ2v) is 8.95. The number of nitrogens with one attached hydrogen (secondary N) is 2. The molecule has 5 rings (SSSR count). The third-order valence-electron chi connectivity index (χ3n) is 6.34. The summed E-state index contributed by atoms with van der Waals surface area (Å²) in [4.78, 5) is 18.6. The zero-order valence-corrected chi connectivity index (χ0v) is 21.2. The van der Waals surface area contributed by atoms with E-state index in [1.54, 1.807) is 32.4 Å². The van der Waals surface area contributed by atoms with E-state index in [1.807, 2.05) is 64.2 Å². The summed E-state index contributed by atoms with van der Waals surface area (Å²) in [6.07, 6.45) is 4.06. The highest BCUT2D eigenvalue weighted by Crippen LogP contribution is 2.43. The molecule has 0 aliphatic carbocycles. The van der Waals surface area contributed by atoms with E-state index in [0.29, 0.717) is 23.0 Å². The molecule has 9 heteroatoms. The van der Waals surface area contributed by atoms with Crippen molar-refractivity contribution in [2.24, 2.45) is 0 Å². The van der Waals surface area contributed by atoms with Crippen molar-refractivity contribution in [3.63, 3.8) is 0 Å². The highest BCUT2D eigenvalue weighted by Gasteiger charge is 2.42. The minimum atomic E-state index is -0.295. The minimum absolute atomic E-state index is 0.102. The number of hydrogen-bond donors (Lipinski definition) is 2. The maximum Gasteiger partial charge on any atom is 0.224 e. The summed E-state index contributed by atoms with van der Waals surface area (Å²) in [5.74, 6) is 0.127.